The number of halogens is 1. The summed E-state index contributed by atoms with van der Waals surface area (Å²) in [6, 6.07) is 3.24. The Morgan fingerprint density at radius 1 is 1.58 bits per heavy atom. The number of aromatic nitrogens is 1. The second kappa shape index (κ2) is 4.70. The van der Waals surface area contributed by atoms with Crippen molar-refractivity contribution < 1.29 is 9.13 Å². The van der Waals surface area contributed by atoms with Gasteiger partial charge in [-0.25, -0.2) is 4.98 Å². The van der Waals surface area contributed by atoms with Gasteiger partial charge in [0.25, 0.3) is 5.95 Å². The van der Waals surface area contributed by atoms with E-state index in [2.05, 4.69) is 11.9 Å². The van der Waals surface area contributed by atoms with Crippen molar-refractivity contribution in [3.05, 3.63) is 24.3 Å². The van der Waals surface area contributed by atoms with E-state index in [0.29, 0.717) is 6.61 Å². The van der Waals surface area contributed by atoms with Crippen LogP contribution >= 0.6 is 0 Å². The number of hydrogen-bond acceptors (Lipinski definition) is 2. The molecule has 1 aromatic heterocycles. The Morgan fingerprint density at radius 2 is 2.42 bits per heavy atom. The molecule has 0 saturated carbocycles. The molecular formula is C9H12FNO. The predicted molar refractivity (Wildman–Crippen MR) is 44.6 cm³/mol. The highest BCUT2D eigenvalue weighted by Gasteiger charge is 2.00. The molecule has 0 aliphatic carbocycles. The first-order valence-corrected chi connectivity index (χ1v) is 4.08. The van der Waals surface area contributed by atoms with Crippen molar-refractivity contribution in [3.8, 4) is 5.75 Å². The summed E-state index contributed by atoms with van der Waals surface area (Å²) < 4.78 is 17.9. The zero-order valence-corrected chi connectivity index (χ0v) is 7.09. The third-order valence-corrected chi connectivity index (χ3v) is 1.48. The van der Waals surface area contributed by atoms with Crippen LogP contribution in [0.1, 0.15) is 19.8 Å². The SMILES string of the molecule is CCCCOc1cccnc1F. The fourth-order valence-electron chi connectivity index (χ4n) is 0.805. The van der Waals surface area contributed by atoms with E-state index in [-0.39, 0.29) is 5.75 Å². The molecule has 0 aromatic carbocycles. The van der Waals surface area contributed by atoms with Crippen LogP contribution in [0.15, 0.2) is 18.3 Å². The van der Waals surface area contributed by atoms with Crippen molar-refractivity contribution in [2.45, 2.75) is 19.8 Å². The molecule has 0 bridgehead atoms. The van der Waals surface area contributed by atoms with E-state index in [0.717, 1.165) is 12.8 Å². The van der Waals surface area contributed by atoms with Gasteiger partial charge in [0.05, 0.1) is 6.61 Å². The van der Waals surface area contributed by atoms with Crippen LogP contribution in [0.4, 0.5) is 4.39 Å². The lowest BCUT2D eigenvalue weighted by atomic mass is 10.3. The highest BCUT2D eigenvalue weighted by atomic mass is 19.1. The summed E-state index contributed by atoms with van der Waals surface area (Å²) in [7, 11) is 0. The van der Waals surface area contributed by atoms with Crippen molar-refractivity contribution in [3.63, 3.8) is 0 Å². The summed E-state index contributed by atoms with van der Waals surface area (Å²) in [5, 5.41) is 0. The van der Waals surface area contributed by atoms with Gasteiger partial charge >= 0.3 is 0 Å². The molecule has 0 fully saturated rings. The minimum absolute atomic E-state index is 0.242. The fraction of sp³-hybridized carbons (Fsp3) is 0.444. The molecule has 1 aromatic rings. The van der Waals surface area contributed by atoms with Gasteiger partial charge in [0, 0.05) is 6.20 Å². The second-order valence-electron chi connectivity index (χ2n) is 2.49. The third kappa shape index (κ3) is 2.49. The zero-order valence-electron chi connectivity index (χ0n) is 7.09. The van der Waals surface area contributed by atoms with Crippen LogP contribution in [0, 0.1) is 5.95 Å². The summed E-state index contributed by atoms with van der Waals surface area (Å²) in [4.78, 5) is 3.47. The number of hydrogen-bond donors (Lipinski definition) is 0. The van der Waals surface area contributed by atoms with Crippen LogP contribution in [0.2, 0.25) is 0 Å². The molecule has 2 nitrogen and oxygen atoms in total. The monoisotopic (exact) mass is 169 g/mol. The number of nitrogens with zero attached hydrogens (tertiary/aromatic N) is 1. The summed E-state index contributed by atoms with van der Waals surface area (Å²) in [5.41, 5.74) is 0. The standard InChI is InChI=1S/C9H12FNO/c1-2-3-7-12-8-5-4-6-11-9(8)10/h4-6H,2-3,7H2,1H3. The quantitative estimate of drug-likeness (QED) is 0.510. The average molecular weight is 169 g/mol. The number of ether oxygens (including phenoxy) is 1. The maximum absolute atomic E-state index is 12.8. The van der Waals surface area contributed by atoms with Crippen molar-refractivity contribution in [2.75, 3.05) is 6.61 Å². The van der Waals surface area contributed by atoms with Gasteiger partial charge in [-0.2, -0.15) is 4.39 Å². The lowest BCUT2D eigenvalue weighted by Crippen LogP contribution is -1.99. The molecule has 0 spiro atoms. The van der Waals surface area contributed by atoms with Crippen LogP contribution in [0.25, 0.3) is 0 Å². The van der Waals surface area contributed by atoms with Gasteiger partial charge in [0.1, 0.15) is 0 Å². The Hall–Kier alpha value is -1.12. The summed E-state index contributed by atoms with van der Waals surface area (Å²) in [6.07, 6.45) is 3.39. The van der Waals surface area contributed by atoms with Crippen molar-refractivity contribution in [1.29, 1.82) is 0 Å². The third-order valence-electron chi connectivity index (χ3n) is 1.48. The van der Waals surface area contributed by atoms with Gasteiger partial charge in [-0.1, -0.05) is 13.3 Å². The molecule has 0 saturated heterocycles. The first kappa shape index (κ1) is 8.97. The predicted octanol–water partition coefficient (Wildman–Crippen LogP) is 2.40. The Morgan fingerprint density at radius 3 is 3.08 bits per heavy atom. The molecule has 0 aliphatic heterocycles. The summed E-state index contributed by atoms with van der Waals surface area (Å²) in [5.74, 6) is -0.292. The number of unbranched alkanes of at least 4 members (excludes halogenated alkanes) is 1. The van der Waals surface area contributed by atoms with Crippen LogP contribution in [-0.2, 0) is 0 Å². The Balaban J connectivity index is 2.46. The Bertz CT molecular complexity index is 240. The smallest absolute Gasteiger partial charge is 0.255 e. The molecule has 1 heterocycles. The van der Waals surface area contributed by atoms with Crippen molar-refractivity contribution in [2.24, 2.45) is 0 Å². The largest absolute Gasteiger partial charge is 0.489 e. The average Bonchev–Trinajstić information content (AvgIpc) is 2.09. The van der Waals surface area contributed by atoms with E-state index in [9.17, 15) is 4.39 Å². The normalized spacial score (nSPS) is 9.83. The molecule has 0 aliphatic rings. The van der Waals surface area contributed by atoms with E-state index < -0.39 is 5.95 Å². The summed E-state index contributed by atoms with van der Waals surface area (Å²) >= 11 is 0. The maximum atomic E-state index is 12.8. The first-order valence-electron chi connectivity index (χ1n) is 4.08. The molecule has 3 heteroatoms. The lowest BCUT2D eigenvalue weighted by molar-refractivity contribution is 0.290. The van der Waals surface area contributed by atoms with Gasteiger partial charge in [-0.15, -0.1) is 0 Å². The van der Waals surface area contributed by atoms with Gasteiger partial charge in [0.15, 0.2) is 5.75 Å². The van der Waals surface area contributed by atoms with Gasteiger partial charge in [-0.3, -0.25) is 0 Å². The number of rotatable bonds is 4. The minimum Gasteiger partial charge on any atom is -0.489 e. The first-order chi connectivity index (χ1) is 5.84. The maximum Gasteiger partial charge on any atom is 0.255 e. The second-order valence-corrected chi connectivity index (χ2v) is 2.49. The van der Waals surface area contributed by atoms with Crippen LogP contribution < -0.4 is 4.74 Å². The molecule has 66 valence electrons. The molecule has 1 rings (SSSR count). The molecule has 0 unspecified atom stereocenters. The molecular weight excluding hydrogens is 157 g/mol. The van der Waals surface area contributed by atoms with Crippen LogP contribution in [-0.4, -0.2) is 11.6 Å². The van der Waals surface area contributed by atoms with E-state index in [1.807, 2.05) is 0 Å². The Labute approximate surface area is 71.4 Å². The topological polar surface area (TPSA) is 22.1 Å². The zero-order chi connectivity index (χ0) is 8.81. The minimum atomic E-state index is -0.534. The van der Waals surface area contributed by atoms with E-state index in [4.69, 9.17) is 4.74 Å². The van der Waals surface area contributed by atoms with Crippen LogP contribution in [0.5, 0.6) is 5.75 Å². The molecule has 12 heavy (non-hydrogen) atoms. The molecule has 0 atom stereocenters. The number of pyridine rings is 1. The highest BCUT2D eigenvalue weighted by Crippen LogP contribution is 2.12. The van der Waals surface area contributed by atoms with Crippen molar-refractivity contribution >= 4 is 0 Å². The van der Waals surface area contributed by atoms with E-state index in [1.54, 1.807) is 12.1 Å². The molecule has 0 N–H and O–H groups in total. The highest BCUT2D eigenvalue weighted by molar-refractivity contribution is 5.17. The fourth-order valence-corrected chi connectivity index (χ4v) is 0.805. The molecule has 0 amide bonds. The van der Waals surface area contributed by atoms with E-state index >= 15 is 0 Å². The van der Waals surface area contributed by atoms with Gasteiger partial charge < -0.3 is 4.74 Å². The van der Waals surface area contributed by atoms with Crippen LogP contribution in [0.3, 0.4) is 0 Å². The van der Waals surface area contributed by atoms with E-state index in [1.165, 1.54) is 6.20 Å². The Kier molecular flexibility index (Phi) is 3.51. The summed E-state index contributed by atoms with van der Waals surface area (Å²) in [6.45, 7) is 2.61. The van der Waals surface area contributed by atoms with Gasteiger partial charge in [0.2, 0.25) is 0 Å². The molecule has 0 radical (unpaired) electrons. The lowest BCUT2D eigenvalue weighted by Gasteiger charge is -2.04. The van der Waals surface area contributed by atoms with Crippen molar-refractivity contribution in [1.82, 2.24) is 4.98 Å². The van der Waals surface area contributed by atoms with Gasteiger partial charge in [-0.05, 0) is 18.6 Å².